The Labute approximate surface area is 187 Å². The molecule has 1 aliphatic carbocycles. The van der Waals surface area contributed by atoms with Crippen molar-refractivity contribution < 1.29 is 17.9 Å². The summed E-state index contributed by atoms with van der Waals surface area (Å²) in [5.41, 5.74) is -0.103. The van der Waals surface area contributed by atoms with Crippen molar-refractivity contribution in [2.24, 2.45) is 4.99 Å². The zero-order valence-electron chi connectivity index (χ0n) is 16.9. The summed E-state index contributed by atoms with van der Waals surface area (Å²) < 4.78 is 44.8. The van der Waals surface area contributed by atoms with Gasteiger partial charge in [0, 0.05) is 32.7 Å². The van der Waals surface area contributed by atoms with E-state index in [1.54, 1.807) is 13.1 Å². The summed E-state index contributed by atoms with van der Waals surface area (Å²) in [6.45, 7) is 6.56. The Hall–Kier alpha value is -1.07. The average molecular weight is 526 g/mol. The second kappa shape index (κ2) is 10.8. The van der Waals surface area contributed by atoms with Gasteiger partial charge in [-0.15, -0.1) is 24.0 Å². The summed E-state index contributed by atoms with van der Waals surface area (Å²) in [5.74, 6) is 0.770. The predicted molar refractivity (Wildman–Crippen MR) is 119 cm³/mol. The molecule has 2 aliphatic rings. The second-order valence-corrected chi connectivity index (χ2v) is 7.26. The van der Waals surface area contributed by atoms with Crippen LogP contribution in [0.1, 0.15) is 37.0 Å². The van der Waals surface area contributed by atoms with Gasteiger partial charge in [0.25, 0.3) is 0 Å². The zero-order chi connectivity index (χ0) is 20.1. The van der Waals surface area contributed by atoms with Crippen molar-refractivity contribution in [3.8, 4) is 0 Å². The number of hydrogen-bond donors (Lipinski definition) is 1. The van der Waals surface area contributed by atoms with E-state index in [1.807, 2.05) is 0 Å². The van der Waals surface area contributed by atoms with Gasteiger partial charge in [0.1, 0.15) is 6.10 Å². The fraction of sp³-hybridized carbons (Fsp3) is 0.650. The Morgan fingerprint density at radius 3 is 2.72 bits per heavy atom. The standard InChI is InChI=1S/C20H29F3N4O.HI/c1-3-26(17-7-8-17)10-9-25-19(24-2)27-11-12-28-18(14-27)15-5-4-6-16(13-15)20(21,22)23;/h4-6,13,17-18H,3,7-12,14H2,1-2H3,(H,24,25);1H. The van der Waals surface area contributed by atoms with Crippen molar-refractivity contribution in [3.05, 3.63) is 35.4 Å². The van der Waals surface area contributed by atoms with Gasteiger partial charge in [-0.05, 0) is 37.1 Å². The van der Waals surface area contributed by atoms with E-state index in [-0.39, 0.29) is 24.0 Å². The van der Waals surface area contributed by atoms with Crippen LogP contribution in [0.5, 0.6) is 0 Å². The van der Waals surface area contributed by atoms with Crippen molar-refractivity contribution in [3.63, 3.8) is 0 Å². The highest BCUT2D eigenvalue weighted by Gasteiger charge is 2.32. The molecule has 29 heavy (non-hydrogen) atoms. The normalized spacial score (nSPS) is 20.6. The van der Waals surface area contributed by atoms with Crippen molar-refractivity contribution in [2.45, 2.75) is 38.1 Å². The summed E-state index contributed by atoms with van der Waals surface area (Å²) >= 11 is 0. The molecule has 1 N–H and O–H groups in total. The largest absolute Gasteiger partial charge is 0.416 e. The molecule has 1 saturated heterocycles. The second-order valence-electron chi connectivity index (χ2n) is 7.26. The van der Waals surface area contributed by atoms with Crippen molar-refractivity contribution >= 4 is 29.9 Å². The van der Waals surface area contributed by atoms with Gasteiger partial charge in [0.05, 0.1) is 18.7 Å². The monoisotopic (exact) mass is 526 g/mol. The molecular weight excluding hydrogens is 496 g/mol. The molecule has 0 amide bonds. The van der Waals surface area contributed by atoms with Crippen LogP contribution in [-0.2, 0) is 10.9 Å². The Morgan fingerprint density at radius 1 is 1.34 bits per heavy atom. The summed E-state index contributed by atoms with van der Waals surface area (Å²) in [5, 5.41) is 3.39. The van der Waals surface area contributed by atoms with Crippen molar-refractivity contribution in [2.75, 3.05) is 46.4 Å². The molecular formula is C20H30F3IN4O. The van der Waals surface area contributed by atoms with E-state index in [1.165, 1.54) is 25.0 Å². The van der Waals surface area contributed by atoms with Crippen LogP contribution in [0.4, 0.5) is 13.2 Å². The molecule has 0 spiro atoms. The lowest BCUT2D eigenvalue weighted by Crippen LogP contribution is -2.49. The average Bonchev–Trinajstić information content (AvgIpc) is 3.53. The molecule has 1 heterocycles. The molecule has 2 fully saturated rings. The van der Waals surface area contributed by atoms with E-state index in [2.05, 4.69) is 27.0 Å². The fourth-order valence-electron chi connectivity index (χ4n) is 3.64. The molecule has 9 heteroatoms. The predicted octanol–water partition coefficient (Wildman–Crippen LogP) is 3.76. The molecule has 3 rings (SSSR count). The van der Waals surface area contributed by atoms with Crippen LogP contribution in [0, 0.1) is 0 Å². The van der Waals surface area contributed by atoms with Crippen LogP contribution >= 0.6 is 24.0 Å². The fourth-order valence-corrected chi connectivity index (χ4v) is 3.64. The number of morpholine rings is 1. The third-order valence-corrected chi connectivity index (χ3v) is 5.32. The molecule has 5 nitrogen and oxygen atoms in total. The van der Waals surface area contributed by atoms with Gasteiger partial charge in [0.15, 0.2) is 5.96 Å². The van der Waals surface area contributed by atoms with E-state index in [4.69, 9.17) is 4.74 Å². The highest BCUT2D eigenvalue weighted by Crippen LogP contribution is 2.32. The van der Waals surface area contributed by atoms with Crippen LogP contribution in [-0.4, -0.2) is 68.2 Å². The number of benzene rings is 1. The third-order valence-electron chi connectivity index (χ3n) is 5.32. The molecule has 0 bridgehead atoms. The zero-order valence-corrected chi connectivity index (χ0v) is 19.2. The van der Waals surface area contributed by atoms with E-state index in [0.29, 0.717) is 25.3 Å². The molecule has 1 aromatic carbocycles. The van der Waals surface area contributed by atoms with E-state index >= 15 is 0 Å². The van der Waals surface area contributed by atoms with Gasteiger partial charge in [-0.2, -0.15) is 13.2 Å². The lowest BCUT2D eigenvalue weighted by Gasteiger charge is -2.35. The number of likely N-dealkylation sites (N-methyl/N-ethyl adjacent to an activating group) is 1. The number of guanidine groups is 1. The summed E-state index contributed by atoms with van der Waals surface area (Å²) in [4.78, 5) is 8.88. The summed E-state index contributed by atoms with van der Waals surface area (Å²) in [6, 6.07) is 6.12. The third kappa shape index (κ3) is 6.71. The van der Waals surface area contributed by atoms with Gasteiger partial charge in [-0.1, -0.05) is 19.1 Å². The SMILES string of the molecule is CCN(CCNC(=NC)N1CCOC(c2cccc(C(F)(F)F)c2)C1)C1CC1.I. The van der Waals surface area contributed by atoms with Gasteiger partial charge >= 0.3 is 6.18 Å². The minimum atomic E-state index is -4.35. The van der Waals surface area contributed by atoms with Gasteiger partial charge in [-0.3, -0.25) is 9.89 Å². The van der Waals surface area contributed by atoms with Crippen LogP contribution in [0.25, 0.3) is 0 Å². The highest BCUT2D eigenvalue weighted by molar-refractivity contribution is 14.0. The smallest absolute Gasteiger partial charge is 0.370 e. The first-order chi connectivity index (χ1) is 13.4. The first-order valence-corrected chi connectivity index (χ1v) is 9.90. The van der Waals surface area contributed by atoms with Crippen LogP contribution < -0.4 is 5.32 Å². The number of ether oxygens (including phenoxy) is 1. The van der Waals surface area contributed by atoms with E-state index < -0.39 is 17.8 Å². The number of nitrogens with one attached hydrogen (secondary N) is 1. The van der Waals surface area contributed by atoms with Crippen molar-refractivity contribution in [1.82, 2.24) is 15.1 Å². The highest BCUT2D eigenvalue weighted by atomic mass is 127. The molecule has 0 radical (unpaired) electrons. The van der Waals surface area contributed by atoms with Crippen LogP contribution in [0.15, 0.2) is 29.3 Å². The molecule has 1 aliphatic heterocycles. The first-order valence-electron chi connectivity index (χ1n) is 9.90. The Morgan fingerprint density at radius 2 is 2.10 bits per heavy atom. The quantitative estimate of drug-likeness (QED) is 0.349. The number of hydrogen-bond acceptors (Lipinski definition) is 3. The van der Waals surface area contributed by atoms with Gasteiger partial charge in [0.2, 0.25) is 0 Å². The first kappa shape index (κ1) is 24.2. The number of rotatable bonds is 6. The maximum absolute atomic E-state index is 13.0. The van der Waals surface area contributed by atoms with Gasteiger partial charge in [-0.25, -0.2) is 0 Å². The van der Waals surface area contributed by atoms with E-state index in [0.717, 1.165) is 37.7 Å². The van der Waals surface area contributed by atoms with E-state index in [9.17, 15) is 13.2 Å². The molecule has 1 atom stereocenters. The van der Waals surface area contributed by atoms with Crippen LogP contribution in [0.2, 0.25) is 0 Å². The molecule has 0 aromatic heterocycles. The maximum Gasteiger partial charge on any atom is 0.416 e. The number of aliphatic imine (C=N–C) groups is 1. The molecule has 164 valence electrons. The Bertz CT molecular complexity index is 682. The molecule has 1 saturated carbocycles. The number of halogens is 4. The van der Waals surface area contributed by atoms with Crippen molar-refractivity contribution in [1.29, 1.82) is 0 Å². The summed E-state index contributed by atoms with van der Waals surface area (Å²) in [6.07, 6.45) is -2.20. The minimum absolute atomic E-state index is 0. The summed E-state index contributed by atoms with van der Waals surface area (Å²) in [7, 11) is 1.73. The number of nitrogens with zero attached hydrogens (tertiary/aromatic N) is 3. The Kier molecular flexibility index (Phi) is 9.02. The topological polar surface area (TPSA) is 40.1 Å². The van der Waals surface area contributed by atoms with Crippen LogP contribution in [0.3, 0.4) is 0 Å². The lowest BCUT2D eigenvalue weighted by molar-refractivity contribution is -0.137. The molecule has 1 unspecified atom stereocenters. The number of alkyl halides is 3. The maximum atomic E-state index is 13.0. The molecule has 1 aromatic rings. The Balaban J connectivity index is 0.00000300. The minimum Gasteiger partial charge on any atom is -0.370 e. The van der Waals surface area contributed by atoms with Gasteiger partial charge < -0.3 is 15.0 Å². The lowest BCUT2D eigenvalue weighted by atomic mass is 10.0.